The van der Waals surface area contributed by atoms with Gasteiger partial charge in [-0.15, -0.1) is 0 Å². The molecule has 1 aliphatic heterocycles. The van der Waals surface area contributed by atoms with E-state index < -0.39 is 34.6 Å². The molecule has 2 rings (SSSR count). The fourth-order valence-corrected chi connectivity index (χ4v) is 2.27. The molecule has 1 aromatic carbocycles. The van der Waals surface area contributed by atoms with Gasteiger partial charge in [0, 0.05) is 31.8 Å². The molecule has 1 N–H and O–H groups in total. The van der Waals surface area contributed by atoms with E-state index in [0.29, 0.717) is 0 Å². The molecule has 1 saturated heterocycles. The number of rotatable bonds is 4. The highest BCUT2D eigenvalue weighted by Crippen LogP contribution is 2.17. The summed E-state index contributed by atoms with van der Waals surface area (Å²) in [5.41, 5.74) is 2.12. The van der Waals surface area contributed by atoms with Gasteiger partial charge in [0.15, 0.2) is 5.92 Å². The van der Waals surface area contributed by atoms with Crippen molar-refractivity contribution in [3.05, 3.63) is 39.9 Å². The van der Waals surface area contributed by atoms with E-state index in [1.165, 1.54) is 33.2 Å². The molecule has 0 atom stereocenters. The summed E-state index contributed by atoms with van der Waals surface area (Å²) in [6.45, 7) is 1.37. The number of barbiturate groups is 1. The normalized spacial score (nSPS) is 16.1. The zero-order chi connectivity index (χ0) is 19.6. The van der Waals surface area contributed by atoms with Crippen molar-refractivity contribution in [3.63, 3.8) is 0 Å². The Morgan fingerprint density at radius 3 is 2.08 bits per heavy atom. The predicted octanol–water partition coefficient (Wildman–Crippen LogP) is 0.367. The number of imide groups is 2. The van der Waals surface area contributed by atoms with Gasteiger partial charge in [0.05, 0.1) is 10.6 Å². The van der Waals surface area contributed by atoms with E-state index in [1.54, 1.807) is 0 Å². The van der Waals surface area contributed by atoms with E-state index in [2.05, 4.69) is 10.5 Å². The standard InChI is InChI=1S/C15H15N5O6/c1-8(11-13(22)18(2)15(24)19(3)14(11)23)16-17-12(21)9-4-6-10(7-5-9)20(25)26/h4-7,11H,1-3H3,(H,17,21)/b16-8+. The molecule has 11 heteroatoms. The number of non-ortho nitro benzene ring substituents is 1. The van der Waals surface area contributed by atoms with Crippen molar-refractivity contribution in [1.82, 2.24) is 15.2 Å². The SMILES string of the molecule is C/C(=N\NC(=O)c1ccc([N+](=O)[O-])cc1)C1C(=O)N(C)C(=O)N(C)C1=O. The Labute approximate surface area is 147 Å². The van der Waals surface area contributed by atoms with Gasteiger partial charge in [-0.1, -0.05) is 0 Å². The lowest BCUT2D eigenvalue weighted by atomic mass is 9.99. The van der Waals surface area contributed by atoms with Crippen LogP contribution in [0.3, 0.4) is 0 Å². The van der Waals surface area contributed by atoms with Crippen LogP contribution < -0.4 is 5.43 Å². The number of urea groups is 1. The van der Waals surface area contributed by atoms with Crippen molar-refractivity contribution in [3.8, 4) is 0 Å². The topological polar surface area (TPSA) is 142 Å². The number of hydrogen-bond donors (Lipinski definition) is 1. The number of benzene rings is 1. The summed E-state index contributed by atoms with van der Waals surface area (Å²) in [7, 11) is 2.48. The van der Waals surface area contributed by atoms with Crippen LogP contribution in [0.25, 0.3) is 0 Å². The van der Waals surface area contributed by atoms with Crippen LogP contribution in [0.2, 0.25) is 0 Å². The first kappa shape index (κ1) is 18.7. The summed E-state index contributed by atoms with van der Waals surface area (Å²) < 4.78 is 0. The third-order valence-electron chi connectivity index (χ3n) is 3.82. The molecule has 5 amide bonds. The van der Waals surface area contributed by atoms with Gasteiger partial charge in [-0.3, -0.25) is 34.3 Å². The molecule has 0 unspecified atom stereocenters. The zero-order valence-corrected chi connectivity index (χ0v) is 14.1. The number of hydrazone groups is 1. The molecule has 1 heterocycles. The van der Waals surface area contributed by atoms with Crippen molar-refractivity contribution in [2.24, 2.45) is 11.0 Å². The van der Waals surface area contributed by atoms with Crippen LogP contribution in [0.5, 0.6) is 0 Å². The summed E-state index contributed by atoms with van der Waals surface area (Å²) in [5.74, 6) is -3.49. The van der Waals surface area contributed by atoms with Crippen LogP contribution in [-0.2, 0) is 9.59 Å². The number of nitro benzene ring substituents is 1. The number of carbonyl (C=O) groups is 4. The molecule has 0 aromatic heterocycles. The minimum Gasteiger partial charge on any atom is -0.273 e. The lowest BCUT2D eigenvalue weighted by Crippen LogP contribution is -2.58. The maximum absolute atomic E-state index is 12.1. The lowest BCUT2D eigenvalue weighted by Gasteiger charge is -2.32. The van der Waals surface area contributed by atoms with Crippen LogP contribution in [0.4, 0.5) is 10.5 Å². The lowest BCUT2D eigenvalue weighted by molar-refractivity contribution is -0.384. The Balaban J connectivity index is 2.15. The highest BCUT2D eigenvalue weighted by Gasteiger charge is 2.44. The van der Waals surface area contributed by atoms with Crippen molar-refractivity contribution >= 4 is 35.2 Å². The Bertz CT molecular complexity index is 807. The molecule has 26 heavy (non-hydrogen) atoms. The van der Waals surface area contributed by atoms with Crippen LogP contribution in [-0.4, -0.2) is 58.3 Å². The maximum Gasteiger partial charge on any atom is 0.332 e. The smallest absolute Gasteiger partial charge is 0.273 e. The van der Waals surface area contributed by atoms with Gasteiger partial charge in [0.2, 0.25) is 11.8 Å². The summed E-state index contributed by atoms with van der Waals surface area (Å²) >= 11 is 0. The second-order valence-corrected chi connectivity index (χ2v) is 5.51. The molecule has 0 saturated carbocycles. The average molecular weight is 361 g/mol. The third-order valence-corrected chi connectivity index (χ3v) is 3.82. The van der Waals surface area contributed by atoms with E-state index in [-0.39, 0.29) is 17.0 Å². The largest absolute Gasteiger partial charge is 0.332 e. The third kappa shape index (κ3) is 3.41. The van der Waals surface area contributed by atoms with E-state index in [1.807, 2.05) is 0 Å². The number of nitrogens with zero attached hydrogens (tertiary/aromatic N) is 4. The summed E-state index contributed by atoms with van der Waals surface area (Å²) in [6, 6.07) is 4.06. The van der Waals surface area contributed by atoms with Gasteiger partial charge in [-0.2, -0.15) is 5.10 Å². The molecule has 0 aliphatic carbocycles. The summed E-state index contributed by atoms with van der Waals surface area (Å²) in [5, 5.41) is 14.4. The molecule has 0 bridgehead atoms. The molecule has 1 fully saturated rings. The molecule has 1 aliphatic rings. The van der Waals surface area contributed by atoms with Crippen LogP contribution in [0.15, 0.2) is 29.4 Å². The Morgan fingerprint density at radius 2 is 1.62 bits per heavy atom. The van der Waals surface area contributed by atoms with Crippen molar-refractivity contribution in [2.75, 3.05) is 14.1 Å². The maximum atomic E-state index is 12.1. The molecular weight excluding hydrogens is 346 g/mol. The van der Waals surface area contributed by atoms with E-state index in [0.717, 1.165) is 21.9 Å². The molecule has 1 aromatic rings. The van der Waals surface area contributed by atoms with Crippen LogP contribution >= 0.6 is 0 Å². The number of carbonyl (C=O) groups excluding carboxylic acids is 4. The van der Waals surface area contributed by atoms with Gasteiger partial charge in [-0.25, -0.2) is 10.2 Å². The molecule has 11 nitrogen and oxygen atoms in total. The molecule has 0 spiro atoms. The number of hydrogen-bond acceptors (Lipinski definition) is 7. The minimum absolute atomic E-state index is 0.00135. The number of nitro groups is 1. The second kappa shape index (κ2) is 7.09. The van der Waals surface area contributed by atoms with E-state index in [4.69, 9.17) is 0 Å². The summed E-state index contributed by atoms with van der Waals surface area (Å²) in [4.78, 5) is 59.6. The Hall–Kier alpha value is -3.63. The van der Waals surface area contributed by atoms with Gasteiger partial charge in [0.1, 0.15) is 0 Å². The van der Waals surface area contributed by atoms with E-state index >= 15 is 0 Å². The fraction of sp³-hybridized carbons (Fsp3) is 0.267. The highest BCUT2D eigenvalue weighted by molar-refractivity contribution is 6.27. The first-order valence-electron chi connectivity index (χ1n) is 7.33. The van der Waals surface area contributed by atoms with Crippen LogP contribution in [0, 0.1) is 16.0 Å². The second-order valence-electron chi connectivity index (χ2n) is 5.51. The Kier molecular flexibility index (Phi) is 5.10. The van der Waals surface area contributed by atoms with Crippen molar-refractivity contribution in [1.29, 1.82) is 0 Å². The summed E-state index contributed by atoms with van der Waals surface area (Å²) in [6.07, 6.45) is 0. The average Bonchev–Trinajstić information content (AvgIpc) is 2.63. The monoisotopic (exact) mass is 361 g/mol. The molecule has 0 radical (unpaired) electrons. The predicted molar refractivity (Wildman–Crippen MR) is 88.1 cm³/mol. The van der Waals surface area contributed by atoms with Gasteiger partial charge < -0.3 is 0 Å². The first-order chi connectivity index (χ1) is 12.1. The van der Waals surface area contributed by atoms with Gasteiger partial charge >= 0.3 is 6.03 Å². The van der Waals surface area contributed by atoms with E-state index in [9.17, 15) is 29.3 Å². The van der Waals surface area contributed by atoms with Gasteiger partial charge in [-0.05, 0) is 19.1 Å². The molecular formula is C15H15N5O6. The minimum atomic E-state index is -1.32. The van der Waals surface area contributed by atoms with Gasteiger partial charge in [0.25, 0.3) is 11.6 Å². The number of nitrogens with one attached hydrogen (secondary N) is 1. The van der Waals surface area contributed by atoms with Crippen molar-refractivity contribution < 1.29 is 24.1 Å². The molecule has 136 valence electrons. The number of amides is 5. The Morgan fingerprint density at radius 1 is 1.12 bits per heavy atom. The van der Waals surface area contributed by atoms with Crippen LogP contribution in [0.1, 0.15) is 17.3 Å². The van der Waals surface area contributed by atoms with Crippen molar-refractivity contribution in [2.45, 2.75) is 6.92 Å². The highest BCUT2D eigenvalue weighted by atomic mass is 16.6. The zero-order valence-electron chi connectivity index (χ0n) is 14.1. The fourth-order valence-electron chi connectivity index (χ4n) is 2.27. The quantitative estimate of drug-likeness (QED) is 0.355. The first-order valence-corrected chi connectivity index (χ1v) is 7.33.